The van der Waals surface area contributed by atoms with Crippen molar-refractivity contribution in [3.63, 3.8) is 0 Å². The number of nitrogens with two attached hydrogens (primary N) is 2. The lowest BCUT2D eigenvalue weighted by atomic mass is 9.98. The van der Waals surface area contributed by atoms with Crippen LogP contribution in [0.3, 0.4) is 0 Å². The second-order valence-corrected chi connectivity index (χ2v) is 6.44. The maximum Gasteiger partial charge on any atom is 0.222 e. The summed E-state index contributed by atoms with van der Waals surface area (Å²) in [6.07, 6.45) is 11.8. The van der Waals surface area contributed by atoms with Crippen LogP contribution in [0.2, 0.25) is 0 Å². The SMILES string of the molecule is CCCCCCCCCCc1ccc2nc(N)nc(N)c2c1C. The van der Waals surface area contributed by atoms with Gasteiger partial charge in [0.15, 0.2) is 0 Å². The molecular formula is C19H30N4. The first-order valence-corrected chi connectivity index (χ1v) is 8.94. The minimum Gasteiger partial charge on any atom is -0.383 e. The molecule has 1 aromatic carbocycles. The Bertz CT molecular complexity index is 637. The molecule has 0 unspecified atom stereocenters. The first kappa shape index (κ1) is 17.5. The molecule has 4 nitrogen and oxygen atoms in total. The number of hydrogen-bond donors (Lipinski definition) is 2. The summed E-state index contributed by atoms with van der Waals surface area (Å²) < 4.78 is 0. The molecule has 0 saturated heterocycles. The monoisotopic (exact) mass is 314 g/mol. The third-order valence-electron chi connectivity index (χ3n) is 4.58. The lowest BCUT2D eigenvalue weighted by Gasteiger charge is -2.11. The number of aromatic nitrogens is 2. The molecule has 0 spiro atoms. The highest BCUT2D eigenvalue weighted by molar-refractivity contribution is 5.92. The van der Waals surface area contributed by atoms with E-state index >= 15 is 0 Å². The Morgan fingerprint density at radius 1 is 0.870 bits per heavy atom. The van der Waals surface area contributed by atoms with Gasteiger partial charge in [-0.1, -0.05) is 57.9 Å². The summed E-state index contributed by atoms with van der Waals surface area (Å²) >= 11 is 0. The van der Waals surface area contributed by atoms with E-state index in [-0.39, 0.29) is 5.95 Å². The predicted octanol–water partition coefficient (Wildman–Crippen LogP) is 4.79. The van der Waals surface area contributed by atoms with Crippen LogP contribution in [0.4, 0.5) is 11.8 Å². The average Bonchev–Trinajstić information content (AvgIpc) is 2.51. The van der Waals surface area contributed by atoms with E-state index in [1.165, 1.54) is 62.5 Å². The highest BCUT2D eigenvalue weighted by atomic mass is 15.0. The summed E-state index contributed by atoms with van der Waals surface area (Å²) in [5.41, 5.74) is 15.1. The van der Waals surface area contributed by atoms with E-state index in [1.807, 2.05) is 6.07 Å². The summed E-state index contributed by atoms with van der Waals surface area (Å²) in [5, 5.41) is 0.955. The molecule has 0 amide bonds. The lowest BCUT2D eigenvalue weighted by Crippen LogP contribution is -2.03. The fourth-order valence-electron chi connectivity index (χ4n) is 3.20. The topological polar surface area (TPSA) is 77.8 Å². The van der Waals surface area contributed by atoms with Gasteiger partial charge in [-0.2, -0.15) is 4.98 Å². The Morgan fingerprint density at radius 2 is 1.52 bits per heavy atom. The van der Waals surface area contributed by atoms with Crippen LogP contribution >= 0.6 is 0 Å². The number of anilines is 2. The summed E-state index contributed by atoms with van der Waals surface area (Å²) in [4.78, 5) is 8.36. The number of benzene rings is 1. The molecule has 2 aromatic rings. The van der Waals surface area contributed by atoms with Gasteiger partial charge in [0.2, 0.25) is 5.95 Å². The third-order valence-corrected chi connectivity index (χ3v) is 4.58. The van der Waals surface area contributed by atoms with Crippen LogP contribution in [0.15, 0.2) is 12.1 Å². The number of fused-ring (bicyclic) bond motifs is 1. The second-order valence-electron chi connectivity index (χ2n) is 6.44. The highest BCUT2D eigenvalue weighted by Crippen LogP contribution is 2.26. The predicted molar refractivity (Wildman–Crippen MR) is 99.4 cm³/mol. The van der Waals surface area contributed by atoms with Gasteiger partial charge in [0.05, 0.1) is 5.52 Å². The van der Waals surface area contributed by atoms with Crippen LogP contribution in [0.5, 0.6) is 0 Å². The molecule has 0 saturated carbocycles. The van der Waals surface area contributed by atoms with Gasteiger partial charge in [0, 0.05) is 5.39 Å². The molecule has 1 heterocycles. The van der Waals surface area contributed by atoms with Crippen LogP contribution in [0.1, 0.15) is 69.4 Å². The van der Waals surface area contributed by atoms with Gasteiger partial charge in [-0.15, -0.1) is 0 Å². The molecule has 23 heavy (non-hydrogen) atoms. The fraction of sp³-hybridized carbons (Fsp3) is 0.579. The van der Waals surface area contributed by atoms with E-state index < -0.39 is 0 Å². The van der Waals surface area contributed by atoms with Crippen LogP contribution in [0, 0.1) is 6.92 Å². The van der Waals surface area contributed by atoms with Crippen molar-refractivity contribution in [2.45, 2.75) is 71.6 Å². The Hall–Kier alpha value is -1.84. The van der Waals surface area contributed by atoms with Gasteiger partial charge in [0.1, 0.15) is 5.82 Å². The van der Waals surface area contributed by atoms with Crippen molar-refractivity contribution in [3.05, 3.63) is 23.3 Å². The quantitative estimate of drug-likeness (QED) is 0.652. The van der Waals surface area contributed by atoms with Crippen LogP contribution < -0.4 is 11.5 Å². The zero-order valence-electron chi connectivity index (χ0n) is 14.6. The fourth-order valence-corrected chi connectivity index (χ4v) is 3.20. The standard InChI is InChI=1S/C19H30N4/c1-3-4-5-6-7-8-9-10-11-15-12-13-16-17(14(15)2)18(20)23-19(21)22-16/h12-13H,3-11H2,1-2H3,(H4,20,21,22,23). The van der Waals surface area contributed by atoms with E-state index in [9.17, 15) is 0 Å². The summed E-state index contributed by atoms with van der Waals surface area (Å²) in [6, 6.07) is 4.17. The van der Waals surface area contributed by atoms with Gasteiger partial charge >= 0.3 is 0 Å². The smallest absolute Gasteiger partial charge is 0.222 e. The van der Waals surface area contributed by atoms with E-state index in [4.69, 9.17) is 11.5 Å². The Balaban J connectivity index is 1.88. The van der Waals surface area contributed by atoms with E-state index in [1.54, 1.807) is 0 Å². The van der Waals surface area contributed by atoms with Crippen molar-refractivity contribution in [1.82, 2.24) is 9.97 Å². The minimum absolute atomic E-state index is 0.241. The number of hydrogen-bond acceptors (Lipinski definition) is 4. The van der Waals surface area contributed by atoms with Crippen LogP contribution in [-0.4, -0.2) is 9.97 Å². The number of nitrogens with zero attached hydrogens (tertiary/aromatic N) is 2. The summed E-state index contributed by atoms with van der Waals surface area (Å²) in [5.74, 6) is 0.730. The molecule has 0 fully saturated rings. The number of rotatable bonds is 9. The molecule has 0 aliphatic rings. The maximum atomic E-state index is 6.03. The van der Waals surface area contributed by atoms with Crippen molar-refractivity contribution >= 4 is 22.7 Å². The largest absolute Gasteiger partial charge is 0.383 e. The zero-order chi connectivity index (χ0) is 16.7. The molecule has 4 heteroatoms. The first-order valence-electron chi connectivity index (χ1n) is 8.94. The van der Waals surface area contributed by atoms with Crippen molar-refractivity contribution in [2.24, 2.45) is 0 Å². The van der Waals surface area contributed by atoms with Crippen molar-refractivity contribution in [1.29, 1.82) is 0 Å². The molecule has 0 aliphatic carbocycles. The molecular weight excluding hydrogens is 284 g/mol. The van der Waals surface area contributed by atoms with Crippen molar-refractivity contribution in [2.75, 3.05) is 11.5 Å². The molecule has 0 radical (unpaired) electrons. The van der Waals surface area contributed by atoms with Crippen molar-refractivity contribution in [3.8, 4) is 0 Å². The number of aryl methyl sites for hydroxylation is 2. The first-order chi connectivity index (χ1) is 11.1. The number of unbranched alkanes of at least 4 members (excludes halogenated alkanes) is 7. The van der Waals surface area contributed by atoms with Gasteiger partial charge < -0.3 is 11.5 Å². The van der Waals surface area contributed by atoms with Gasteiger partial charge in [-0.05, 0) is 37.0 Å². The van der Waals surface area contributed by atoms with Gasteiger partial charge in [0.25, 0.3) is 0 Å². The molecule has 4 N–H and O–H groups in total. The Kier molecular flexibility index (Phi) is 6.63. The zero-order valence-corrected chi connectivity index (χ0v) is 14.6. The molecule has 0 aliphatic heterocycles. The van der Waals surface area contributed by atoms with Gasteiger partial charge in [-0.25, -0.2) is 4.98 Å². The normalized spacial score (nSPS) is 11.2. The molecule has 2 rings (SSSR count). The average molecular weight is 314 g/mol. The van der Waals surface area contributed by atoms with E-state index in [0.29, 0.717) is 5.82 Å². The second kappa shape index (κ2) is 8.70. The van der Waals surface area contributed by atoms with Gasteiger partial charge in [-0.3, -0.25) is 0 Å². The van der Waals surface area contributed by atoms with Crippen LogP contribution in [-0.2, 0) is 6.42 Å². The Labute approximate surface area is 139 Å². The summed E-state index contributed by atoms with van der Waals surface area (Å²) in [7, 11) is 0. The highest BCUT2D eigenvalue weighted by Gasteiger charge is 2.09. The van der Waals surface area contributed by atoms with Crippen molar-refractivity contribution < 1.29 is 0 Å². The summed E-state index contributed by atoms with van der Waals surface area (Å²) in [6.45, 7) is 4.37. The van der Waals surface area contributed by atoms with E-state index in [0.717, 1.165) is 17.3 Å². The molecule has 1 aromatic heterocycles. The van der Waals surface area contributed by atoms with Crippen LogP contribution in [0.25, 0.3) is 10.9 Å². The third kappa shape index (κ3) is 4.81. The maximum absolute atomic E-state index is 6.03. The molecule has 0 atom stereocenters. The van der Waals surface area contributed by atoms with E-state index in [2.05, 4.69) is 29.9 Å². The molecule has 0 bridgehead atoms. The number of nitrogen functional groups attached to an aromatic ring is 2. The molecule has 126 valence electrons. The lowest BCUT2D eigenvalue weighted by molar-refractivity contribution is 0.575. The minimum atomic E-state index is 0.241. The Morgan fingerprint density at radius 3 is 2.22 bits per heavy atom.